The van der Waals surface area contributed by atoms with E-state index in [2.05, 4.69) is 15.3 Å². The van der Waals surface area contributed by atoms with Crippen molar-refractivity contribution >= 4 is 22.3 Å². The molecule has 3 aromatic rings. The highest BCUT2D eigenvalue weighted by molar-refractivity contribution is 5.93. The van der Waals surface area contributed by atoms with E-state index in [-0.39, 0.29) is 5.56 Å². The first-order valence-corrected chi connectivity index (χ1v) is 10.4. The van der Waals surface area contributed by atoms with Crippen LogP contribution in [0.1, 0.15) is 51.8 Å². The lowest BCUT2D eigenvalue weighted by Gasteiger charge is -2.28. The number of anilines is 2. The molecule has 0 aliphatic heterocycles. The van der Waals surface area contributed by atoms with Crippen molar-refractivity contribution < 1.29 is 0 Å². The van der Waals surface area contributed by atoms with Crippen LogP contribution in [0.3, 0.4) is 0 Å². The van der Waals surface area contributed by atoms with Gasteiger partial charge in [0.2, 0.25) is 0 Å². The van der Waals surface area contributed by atoms with Crippen molar-refractivity contribution in [2.45, 2.75) is 58.0 Å². The summed E-state index contributed by atoms with van der Waals surface area (Å²) in [6.45, 7) is 4.78. The van der Waals surface area contributed by atoms with Gasteiger partial charge in [-0.15, -0.1) is 0 Å². The van der Waals surface area contributed by atoms with Crippen molar-refractivity contribution in [1.29, 1.82) is 0 Å². The second-order valence-electron chi connectivity index (χ2n) is 8.61. The Labute approximate surface area is 171 Å². The van der Waals surface area contributed by atoms with Crippen molar-refractivity contribution in [3.63, 3.8) is 0 Å². The van der Waals surface area contributed by atoms with Crippen LogP contribution < -0.4 is 16.6 Å². The molecule has 0 atom stereocenters. The van der Waals surface area contributed by atoms with Gasteiger partial charge in [0.05, 0.1) is 11.1 Å². The number of rotatable bonds is 5. The van der Waals surface area contributed by atoms with Gasteiger partial charge >= 0.3 is 0 Å². The normalized spacial score (nSPS) is 15.5. The van der Waals surface area contributed by atoms with Crippen LogP contribution in [0.15, 0.2) is 47.5 Å². The molecule has 0 saturated heterocycles. The first-order valence-electron chi connectivity index (χ1n) is 10.4. The van der Waals surface area contributed by atoms with Gasteiger partial charge in [-0.2, -0.15) is 0 Å². The molecule has 0 spiro atoms. The third-order valence-corrected chi connectivity index (χ3v) is 5.87. The summed E-state index contributed by atoms with van der Waals surface area (Å²) in [4.78, 5) is 21.9. The van der Waals surface area contributed by atoms with E-state index in [4.69, 9.17) is 5.73 Å². The zero-order valence-electron chi connectivity index (χ0n) is 17.2. The standard InChI is InChI=1S/C23H29N5O/c1-23(2,22-25-11-6-12-26-22)27-19-14-21(29)28(15-16-7-4-3-5-8-16)20-10-9-17(24)13-18(19)20/h6,9-14,16,27H,3-5,7-8,15,24H2,1-2H3. The number of benzene rings is 1. The molecule has 29 heavy (non-hydrogen) atoms. The highest BCUT2D eigenvalue weighted by Crippen LogP contribution is 2.31. The van der Waals surface area contributed by atoms with Crippen LogP contribution in [0.5, 0.6) is 0 Å². The molecule has 2 heterocycles. The van der Waals surface area contributed by atoms with E-state index < -0.39 is 5.54 Å². The van der Waals surface area contributed by atoms with E-state index in [1.165, 1.54) is 32.1 Å². The van der Waals surface area contributed by atoms with E-state index >= 15 is 0 Å². The van der Waals surface area contributed by atoms with Gasteiger partial charge in [0.15, 0.2) is 5.82 Å². The third-order valence-electron chi connectivity index (χ3n) is 5.87. The summed E-state index contributed by atoms with van der Waals surface area (Å²) in [7, 11) is 0. The molecule has 4 rings (SSSR count). The van der Waals surface area contributed by atoms with Crippen molar-refractivity contribution in [2.24, 2.45) is 5.92 Å². The number of aromatic nitrogens is 3. The largest absolute Gasteiger partial charge is 0.399 e. The molecular formula is C23H29N5O. The summed E-state index contributed by atoms with van der Waals surface area (Å²) in [5, 5.41) is 4.43. The van der Waals surface area contributed by atoms with Gasteiger partial charge in [-0.25, -0.2) is 9.97 Å². The van der Waals surface area contributed by atoms with E-state index in [0.717, 1.165) is 23.1 Å². The topological polar surface area (TPSA) is 85.8 Å². The van der Waals surface area contributed by atoms with Crippen LogP contribution in [-0.2, 0) is 12.1 Å². The maximum absolute atomic E-state index is 13.1. The lowest BCUT2D eigenvalue weighted by atomic mass is 9.89. The van der Waals surface area contributed by atoms with Crippen molar-refractivity contribution in [3.8, 4) is 0 Å². The van der Waals surface area contributed by atoms with Gasteiger partial charge < -0.3 is 15.6 Å². The fraction of sp³-hybridized carbons (Fsp3) is 0.435. The molecule has 0 bridgehead atoms. The number of nitrogens with two attached hydrogens (primary N) is 1. The van der Waals surface area contributed by atoms with E-state index in [1.54, 1.807) is 24.5 Å². The number of hydrogen-bond acceptors (Lipinski definition) is 5. The highest BCUT2D eigenvalue weighted by atomic mass is 16.1. The molecule has 6 nitrogen and oxygen atoms in total. The monoisotopic (exact) mass is 391 g/mol. The Kier molecular flexibility index (Phi) is 5.26. The predicted octanol–water partition coefficient (Wildman–Crippen LogP) is 4.30. The fourth-order valence-electron chi connectivity index (χ4n) is 4.34. The molecule has 2 aromatic heterocycles. The van der Waals surface area contributed by atoms with Crippen LogP contribution in [0.2, 0.25) is 0 Å². The van der Waals surface area contributed by atoms with Gasteiger partial charge in [0.1, 0.15) is 0 Å². The van der Waals surface area contributed by atoms with Crippen LogP contribution in [0.4, 0.5) is 11.4 Å². The molecule has 6 heteroatoms. The Morgan fingerprint density at radius 1 is 1.14 bits per heavy atom. The summed E-state index contributed by atoms with van der Waals surface area (Å²) in [5.41, 5.74) is 7.93. The van der Waals surface area contributed by atoms with Crippen LogP contribution in [-0.4, -0.2) is 14.5 Å². The molecular weight excluding hydrogens is 362 g/mol. The van der Waals surface area contributed by atoms with Gasteiger partial charge in [-0.3, -0.25) is 4.79 Å². The third kappa shape index (κ3) is 4.11. The van der Waals surface area contributed by atoms with Gasteiger partial charge in [0, 0.05) is 41.8 Å². The van der Waals surface area contributed by atoms with Gasteiger partial charge in [-0.1, -0.05) is 19.3 Å². The molecule has 152 valence electrons. The van der Waals surface area contributed by atoms with E-state index in [9.17, 15) is 4.79 Å². The summed E-state index contributed by atoms with van der Waals surface area (Å²) in [6.07, 6.45) is 9.67. The first kappa shape index (κ1) is 19.4. The minimum atomic E-state index is -0.541. The van der Waals surface area contributed by atoms with Crippen molar-refractivity contribution in [3.05, 3.63) is 58.9 Å². The molecule has 1 aromatic carbocycles. The zero-order valence-corrected chi connectivity index (χ0v) is 17.2. The maximum Gasteiger partial charge on any atom is 0.253 e. The van der Waals surface area contributed by atoms with Gasteiger partial charge in [0.25, 0.3) is 5.56 Å². The van der Waals surface area contributed by atoms with E-state index in [1.807, 2.05) is 36.6 Å². The number of pyridine rings is 1. The predicted molar refractivity (Wildman–Crippen MR) is 118 cm³/mol. The minimum Gasteiger partial charge on any atom is -0.399 e. The quantitative estimate of drug-likeness (QED) is 0.633. The van der Waals surface area contributed by atoms with Crippen LogP contribution in [0, 0.1) is 5.92 Å². The van der Waals surface area contributed by atoms with Crippen molar-refractivity contribution in [1.82, 2.24) is 14.5 Å². The summed E-state index contributed by atoms with van der Waals surface area (Å²) in [5.74, 6) is 1.23. The first-order chi connectivity index (χ1) is 13.9. The molecule has 0 amide bonds. The Morgan fingerprint density at radius 2 is 1.86 bits per heavy atom. The average molecular weight is 392 g/mol. The number of fused-ring (bicyclic) bond motifs is 1. The Bertz CT molecular complexity index is 1050. The average Bonchev–Trinajstić information content (AvgIpc) is 2.72. The second kappa shape index (κ2) is 7.85. The van der Waals surface area contributed by atoms with Crippen LogP contribution >= 0.6 is 0 Å². The second-order valence-corrected chi connectivity index (χ2v) is 8.61. The number of nitrogens with zero attached hydrogens (tertiary/aromatic N) is 3. The SMILES string of the molecule is CC(C)(Nc1cc(=O)n(CC2CCCCC2)c2ccc(N)cc12)c1ncccn1. The molecule has 1 aliphatic carbocycles. The molecule has 0 radical (unpaired) electrons. The highest BCUT2D eigenvalue weighted by Gasteiger charge is 2.25. The fourth-order valence-corrected chi connectivity index (χ4v) is 4.34. The Balaban J connectivity index is 1.76. The van der Waals surface area contributed by atoms with E-state index in [0.29, 0.717) is 17.4 Å². The zero-order chi connectivity index (χ0) is 20.4. The van der Waals surface area contributed by atoms with Gasteiger partial charge in [-0.05, 0) is 56.9 Å². The molecule has 1 fully saturated rings. The maximum atomic E-state index is 13.1. The Morgan fingerprint density at radius 3 is 2.59 bits per heavy atom. The molecule has 1 saturated carbocycles. The minimum absolute atomic E-state index is 0.0140. The molecule has 3 N–H and O–H groups in total. The smallest absolute Gasteiger partial charge is 0.253 e. The van der Waals surface area contributed by atoms with Crippen LogP contribution in [0.25, 0.3) is 10.9 Å². The number of nitrogens with one attached hydrogen (secondary N) is 1. The molecule has 1 aliphatic rings. The Hall–Kier alpha value is -2.89. The lowest BCUT2D eigenvalue weighted by molar-refractivity contribution is 0.320. The summed E-state index contributed by atoms with van der Waals surface area (Å²) < 4.78 is 1.92. The lowest BCUT2D eigenvalue weighted by Crippen LogP contribution is -2.32. The summed E-state index contributed by atoms with van der Waals surface area (Å²) in [6, 6.07) is 9.26. The van der Waals surface area contributed by atoms with Crippen molar-refractivity contribution in [2.75, 3.05) is 11.1 Å². The summed E-state index contributed by atoms with van der Waals surface area (Å²) >= 11 is 0. The number of nitrogen functional groups attached to an aromatic ring is 1. The number of hydrogen-bond donors (Lipinski definition) is 2. The molecule has 0 unspecified atom stereocenters.